The van der Waals surface area contributed by atoms with Crippen molar-refractivity contribution in [2.45, 2.75) is 6.32 Å². The maximum Gasteiger partial charge on any atom is 0.103 e. The molecule has 0 saturated carbocycles. The molecular formula is C6H16BNO. The fourth-order valence-corrected chi connectivity index (χ4v) is 0.741. The lowest BCUT2D eigenvalue weighted by atomic mass is 10.1. The Kier molecular flexibility index (Phi) is 6.10. The van der Waals surface area contributed by atoms with Crippen LogP contribution in [0.2, 0.25) is 6.32 Å². The summed E-state index contributed by atoms with van der Waals surface area (Å²) in [6, 6.07) is 0. The predicted molar refractivity (Wildman–Crippen MR) is 42.7 cm³/mol. The van der Waals surface area contributed by atoms with Crippen molar-refractivity contribution in [2.24, 2.45) is 0 Å². The molecule has 0 fully saturated rings. The Morgan fingerprint density at radius 2 is 2.11 bits per heavy atom. The van der Waals surface area contributed by atoms with Crippen LogP contribution in [-0.4, -0.2) is 46.6 Å². The number of likely N-dealkylation sites (N-methyl/N-ethyl adjacent to an activating group) is 1. The molecule has 0 bridgehead atoms. The molecule has 0 aliphatic carbocycles. The lowest BCUT2D eigenvalue weighted by Crippen LogP contribution is -2.23. The number of rotatable bonds is 5. The summed E-state index contributed by atoms with van der Waals surface area (Å²) in [4.78, 5) is 2.27. The zero-order valence-corrected chi connectivity index (χ0v) is 6.68. The van der Waals surface area contributed by atoms with Crippen LogP contribution in [-0.2, 0) is 4.74 Å². The predicted octanol–water partition coefficient (Wildman–Crippen LogP) is -0.384. The van der Waals surface area contributed by atoms with Gasteiger partial charge in [-0.05, 0) is 13.6 Å². The van der Waals surface area contributed by atoms with Gasteiger partial charge >= 0.3 is 0 Å². The van der Waals surface area contributed by atoms with E-state index in [1.165, 1.54) is 12.9 Å². The summed E-state index contributed by atoms with van der Waals surface area (Å²) in [5.41, 5.74) is 0. The quantitative estimate of drug-likeness (QED) is 0.469. The van der Waals surface area contributed by atoms with E-state index in [1.807, 2.05) is 0 Å². The molecule has 0 heterocycles. The fraction of sp³-hybridized carbons (Fsp3) is 1.00. The van der Waals surface area contributed by atoms with Crippen molar-refractivity contribution in [2.75, 3.05) is 33.9 Å². The SMILES string of the molecule is BCCN(C)CCOC. The highest BCUT2D eigenvalue weighted by atomic mass is 16.5. The van der Waals surface area contributed by atoms with E-state index in [2.05, 4.69) is 19.8 Å². The van der Waals surface area contributed by atoms with E-state index in [4.69, 9.17) is 4.74 Å². The van der Waals surface area contributed by atoms with Crippen LogP contribution in [0.15, 0.2) is 0 Å². The van der Waals surface area contributed by atoms with Gasteiger partial charge in [0.2, 0.25) is 0 Å². The van der Waals surface area contributed by atoms with Crippen molar-refractivity contribution in [1.82, 2.24) is 4.90 Å². The van der Waals surface area contributed by atoms with E-state index in [9.17, 15) is 0 Å². The second-order valence-corrected chi connectivity index (χ2v) is 2.30. The van der Waals surface area contributed by atoms with E-state index in [-0.39, 0.29) is 0 Å². The molecule has 54 valence electrons. The van der Waals surface area contributed by atoms with E-state index >= 15 is 0 Å². The van der Waals surface area contributed by atoms with E-state index in [1.54, 1.807) is 7.11 Å². The zero-order valence-electron chi connectivity index (χ0n) is 6.68. The van der Waals surface area contributed by atoms with Gasteiger partial charge in [0.05, 0.1) is 6.61 Å². The van der Waals surface area contributed by atoms with Crippen molar-refractivity contribution < 1.29 is 4.74 Å². The Balaban J connectivity index is 2.95. The van der Waals surface area contributed by atoms with Gasteiger partial charge in [0.25, 0.3) is 0 Å². The minimum Gasteiger partial charge on any atom is -0.383 e. The second-order valence-electron chi connectivity index (χ2n) is 2.30. The van der Waals surface area contributed by atoms with Crippen LogP contribution in [0, 0.1) is 0 Å². The van der Waals surface area contributed by atoms with Gasteiger partial charge in [-0.15, -0.1) is 0 Å². The van der Waals surface area contributed by atoms with Gasteiger partial charge in [0, 0.05) is 13.7 Å². The van der Waals surface area contributed by atoms with Crippen molar-refractivity contribution in [3.05, 3.63) is 0 Å². The van der Waals surface area contributed by atoms with Crippen molar-refractivity contribution in [3.63, 3.8) is 0 Å². The average molecular weight is 129 g/mol. The van der Waals surface area contributed by atoms with Gasteiger partial charge in [-0.2, -0.15) is 0 Å². The lowest BCUT2D eigenvalue weighted by Gasteiger charge is -2.13. The third-order valence-electron chi connectivity index (χ3n) is 1.28. The molecule has 0 saturated heterocycles. The third-order valence-corrected chi connectivity index (χ3v) is 1.28. The molecule has 0 aromatic rings. The number of hydrogen-bond acceptors (Lipinski definition) is 2. The van der Waals surface area contributed by atoms with Crippen LogP contribution >= 0.6 is 0 Å². The van der Waals surface area contributed by atoms with Crippen LogP contribution in [0.5, 0.6) is 0 Å². The summed E-state index contributed by atoms with van der Waals surface area (Å²) in [6.07, 6.45) is 1.22. The molecule has 0 rings (SSSR count). The van der Waals surface area contributed by atoms with Crippen molar-refractivity contribution in [3.8, 4) is 0 Å². The van der Waals surface area contributed by atoms with Crippen molar-refractivity contribution >= 4 is 7.85 Å². The van der Waals surface area contributed by atoms with E-state index in [0.717, 1.165) is 13.2 Å². The van der Waals surface area contributed by atoms with E-state index < -0.39 is 0 Å². The zero-order chi connectivity index (χ0) is 7.11. The summed E-state index contributed by atoms with van der Waals surface area (Å²) in [7, 11) is 6.03. The maximum absolute atomic E-state index is 4.92. The standard InChI is InChI=1S/C6H16BNO/c1-8(4-3-7)5-6-9-2/h3-7H2,1-2H3. The summed E-state index contributed by atoms with van der Waals surface area (Å²) >= 11 is 0. The minimum absolute atomic E-state index is 0.844. The molecule has 0 spiro atoms. The molecule has 2 nitrogen and oxygen atoms in total. The number of hydrogen-bond donors (Lipinski definition) is 0. The van der Waals surface area contributed by atoms with Crippen LogP contribution in [0.4, 0.5) is 0 Å². The lowest BCUT2D eigenvalue weighted by molar-refractivity contribution is 0.164. The Morgan fingerprint density at radius 1 is 1.44 bits per heavy atom. The topological polar surface area (TPSA) is 12.5 Å². The van der Waals surface area contributed by atoms with Gasteiger partial charge in [-0.3, -0.25) is 0 Å². The second kappa shape index (κ2) is 6.11. The molecule has 0 unspecified atom stereocenters. The molecule has 9 heavy (non-hydrogen) atoms. The minimum atomic E-state index is 0.844. The Bertz CT molecular complexity index is 61.0. The summed E-state index contributed by atoms with van der Waals surface area (Å²) in [5.74, 6) is 0. The van der Waals surface area contributed by atoms with Gasteiger partial charge in [0.1, 0.15) is 7.85 Å². The first-order valence-electron chi connectivity index (χ1n) is 3.48. The highest BCUT2D eigenvalue weighted by molar-refractivity contribution is 6.08. The van der Waals surface area contributed by atoms with Gasteiger partial charge in [0.15, 0.2) is 0 Å². The van der Waals surface area contributed by atoms with Crippen LogP contribution in [0.3, 0.4) is 0 Å². The monoisotopic (exact) mass is 129 g/mol. The number of nitrogens with zero attached hydrogens (tertiary/aromatic N) is 1. The van der Waals surface area contributed by atoms with Gasteiger partial charge < -0.3 is 9.64 Å². The van der Waals surface area contributed by atoms with Crippen LogP contribution in [0.25, 0.3) is 0 Å². The average Bonchev–Trinajstić information content (AvgIpc) is 1.85. The molecule has 0 radical (unpaired) electrons. The molecule has 0 amide bonds. The molecule has 0 aromatic carbocycles. The molecule has 0 aliphatic rings. The third kappa shape index (κ3) is 5.86. The molecule has 0 aromatic heterocycles. The first kappa shape index (κ1) is 8.98. The summed E-state index contributed by atoms with van der Waals surface area (Å²) in [5, 5.41) is 0. The summed E-state index contributed by atoms with van der Waals surface area (Å²) < 4.78 is 4.92. The molecule has 0 N–H and O–H groups in total. The largest absolute Gasteiger partial charge is 0.383 e. The Morgan fingerprint density at radius 3 is 2.56 bits per heavy atom. The molecule has 0 atom stereocenters. The number of methoxy groups -OCH3 is 1. The van der Waals surface area contributed by atoms with Crippen LogP contribution in [0.1, 0.15) is 0 Å². The number of ether oxygens (including phenoxy) is 1. The first-order valence-corrected chi connectivity index (χ1v) is 3.48. The highest BCUT2D eigenvalue weighted by Gasteiger charge is 1.92. The Labute approximate surface area is 58.6 Å². The molecule has 3 heteroatoms. The van der Waals surface area contributed by atoms with E-state index in [0.29, 0.717) is 0 Å². The van der Waals surface area contributed by atoms with Gasteiger partial charge in [-0.25, -0.2) is 0 Å². The normalized spacial score (nSPS) is 10.6. The highest BCUT2D eigenvalue weighted by Crippen LogP contribution is 1.83. The fourth-order valence-electron chi connectivity index (χ4n) is 0.741. The Hall–Kier alpha value is -0.0151. The smallest absolute Gasteiger partial charge is 0.103 e. The molecular weight excluding hydrogens is 113 g/mol. The van der Waals surface area contributed by atoms with Crippen molar-refractivity contribution in [1.29, 1.82) is 0 Å². The maximum atomic E-state index is 4.92. The first-order chi connectivity index (χ1) is 4.31. The van der Waals surface area contributed by atoms with Crippen LogP contribution < -0.4 is 0 Å². The summed E-state index contributed by atoms with van der Waals surface area (Å²) in [6.45, 7) is 3.06. The molecule has 0 aliphatic heterocycles. The van der Waals surface area contributed by atoms with Gasteiger partial charge in [-0.1, -0.05) is 6.32 Å².